The number of amides is 1. The number of rotatable bonds is 5. The van der Waals surface area contributed by atoms with Gasteiger partial charge >= 0.3 is 0 Å². The quantitative estimate of drug-likeness (QED) is 0.782. The topological polar surface area (TPSA) is 64.4 Å². The van der Waals surface area contributed by atoms with Gasteiger partial charge in [0.15, 0.2) is 0 Å². The van der Waals surface area contributed by atoms with Gasteiger partial charge in [0.05, 0.1) is 13.2 Å². The Kier molecular flexibility index (Phi) is 4.79. The predicted molar refractivity (Wildman–Crippen MR) is 63.1 cm³/mol. The van der Waals surface area contributed by atoms with Crippen LogP contribution in [0.15, 0.2) is 24.3 Å². The summed E-state index contributed by atoms with van der Waals surface area (Å²) in [6.45, 7) is 2.32. The van der Waals surface area contributed by atoms with Gasteiger partial charge in [-0.25, -0.2) is 0 Å². The molecule has 0 unspecified atom stereocenters. The Morgan fingerprint density at radius 3 is 2.81 bits per heavy atom. The van der Waals surface area contributed by atoms with Crippen LogP contribution in [0.4, 0.5) is 0 Å². The molecular formula is C12H18N2O2. The molecule has 0 aliphatic heterocycles. The van der Waals surface area contributed by atoms with Gasteiger partial charge in [-0.1, -0.05) is 25.1 Å². The number of nitrogens with two attached hydrogens (primary N) is 1. The normalized spacial score (nSPS) is 11.9. The summed E-state index contributed by atoms with van der Waals surface area (Å²) >= 11 is 0. The lowest BCUT2D eigenvalue weighted by molar-refractivity contribution is -0.122. The molecule has 1 aromatic carbocycles. The first-order valence-electron chi connectivity index (χ1n) is 5.34. The minimum absolute atomic E-state index is 0.131. The lowest BCUT2D eigenvalue weighted by atomic mass is 10.2. The van der Waals surface area contributed by atoms with Gasteiger partial charge in [0, 0.05) is 12.1 Å². The maximum Gasteiger partial charge on any atom is 0.237 e. The number of benzene rings is 1. The van der Waals surface area contributed by atoms with E-state index in [1.54, 1.807) is 7.11 Å². The third-order valence-electron chi connectivity index (χ3n) is 2.42. The van der Waals surface area contributed by atoms with Crippen molar-refractivity contribution in [2.45, 2.75) is 25.9 Å². The first-order chi connectivity index (χ1) is 7.69. The van der Waals surface area contributed by atoms with Crippen LogP contribution >= 0.6 is 0 Å². The van der Waals surface area contributed by atoms with Crippen molar-refractivity contribution in [2.24, 2.45) is 5.73 Å². The molecule has 0 aromatic heterocycles. The highest BCUT2D eigenvalue weighted by Crippen LogP contribution is 2.16. The number of carbonyl (C=O) groups excluding carboxylic acids is 1. The molecule has 0 bridgehead atoms. The number of hydrogen-bond donors (Lipinski definition) is 2. The van der Waals surface area contributed by atoms with Crippen molar-refractivity contribution in [3.63, 3.8) is 0 Å². The number of carbonyl (C=O) groups is 1. The minimum atomic E-state index is -0.435. The summed E-state index contributed by atoms with van der Waals surface area (Å²) < 4.78 is 5.18. The number of methoxy groups -OCH3 is 1. The average Bonchev–Trinajstić information content (AvgIpc) is 2.35. The number of ether oxygens (including phenoxy) is 1. The molecule has 16 heavy (non-hydrogen) atoms. The Bertz CT molecular complexity index is 353. The Morgan fingerprint density at radius 2 is 2.19 bits per heavy atom. The monoisotopic (exact) mass is 222 g/mol. The molecule has 1 atom stereocenters. The molecule has 0 spiro atoms. The second kappa shape index (κ2) is 6.12. The van der Waals surface area contributed by atoms with Crippen molar-refractivity contribution in [1.82, 2.24) is 5.32 Å². The van der Waals surface area contributed by atoms with Crippen molar-refractivity contribution in [2.75, 3.05) is 7.11 Å². The van der Waals surface area contributed by atoms with Crippen LogP contribution in [0.2, 0.25) is 0 Å². The van der Waals surface area contributed by atoms with Crippen molar-refractivity contribution in [3.8, 4) is 5.75 Å². The van der Waals surface area contributed by atoms with Crippen LogP contribution in [0.5, 0.6) is 5.75 Å². The molecule has 1 amide bonds. The van der Waals surface area contributed by atoms with E-state index < -0.39 is 6.04 Å². The van der Waals surface area contributed by atoms with Crippen molar-refractivity contribution >= 4 is 5.91 Å². The van der Waals surface area contributed by atoms with E-state index in [2.05, 4.69) is 5.32 Å². The SMILES string of the molecule is CC[C@@H](N)C(=O)NCc1ccccc1OC. The third-order valence-corrected chi connectivity index (χ3v) is 2.42. The van der Waals surface area contributed by atoms with Crippen molar-refractivity contribution in [3.05, 3.63) is 29.8 Å². The minimum Gasteiger partial charge on any atom is -0.496 e. The molecule has 0 aliphatic rings. The molecule has 88 valence electrons. The maximum atomic E-state index is 11.5. The van der Waals surface area contributed by atoms with Crippen molar-refractivity contribution in [1.29, 1.82) is 0 Å². The number of para-hydroxylation sites is 1. The largest absolute Gasteiger partial charge is 0.496 e. The molecule has 1 aromatic rings. The predicted octanol–water partition coefficient (Wildman–Crippen LogP) is 1.05. The Labute approximate surface area is 95.8 Å². The average molecular weight is 222 g/mol. The van der Waals surface area contributed by atoms with Gasteiger partial charge in [-0.2, -0.15) is 0 Å². The fraction of sp³-hybridized carbons (Fsp3) is 0.417. The van der Waals surface area contributed by atoms with Gasteiger partial charge in [-0.3, -0.25) is 4.79 Å². The summed E-state index contributed by atoms with van der Waals surface area (Å²) in [5, 5.41) is 2.78. The zero-order chi connectivity index (χ0) is 12.0. The molecular weight excluding hydrogens is 204 g/mol. The van der Waals surface area contributed by atoms with Gasteiger partial charge < -0.3 is 15.8 Å². The Balaban J connectivity index is 2.57. The van der Waals surface area contributed by atoms with Gasteiger partial charge in [0.2, 0.25) is 5.91 Å². The van der Waals surface area contributed by atoms with Crippen LogP contribution in [-0.2, 0) is 11.3 Å². The van der Waals surface area contributed by atoms with E-state index in [9.17, 15) is 4.79 Å². The lowest BCUT2D eigenvalue weighted by Gasteiger charge is -2.12. The zero-order valence-electron chi connectivity index (χ0n) is 9.69. The summed E-state index contributed by atoms with van der Waals surface area (Å²) in [5.74, 6) is 0.640. The fourth-order valence-electron chi connectivity index (χ4n) is 1.35. The molecule has 0 radical (unpaired) electrons. The maximum absolute atomic E-state index is 11.5. The molecule has 0 saturated heterocycles. The summed E-state index contributed by atoms with van der Waals surface area (Å²) in [6, 6.07) is 7.14. The molecule has 0 heterocycles. The molecule has 1 rings (SSSR count). The van der Waals surface area contributed by atoms with E-state index in [-0.39, 0.29) is 5.91 Å². The van der Waals surface area contributed by atoms with E-state index in [1.807, 2.05) is 31.2 Å². The molecule has 4 nitrogen and oxygen atoms in total. The van der Waals surface area contributed by atoms with Crippen LogP contribution in [0.1, 0.15) is 18.9 Å². The van der Waals surface area contributed by atoms with Crippen molar-refractivity contribution < 1.29 is 9.53 Å². The summed E-state index contributed by atoms with van der Waals surface area (Å²) in [5.41, 5.74) is 6.55. The highest BCUT2D eigenvalue weighted by Gasteiger charge is 2.10. The molecule has 4 heteroatoms. The van der Waals surface area contributed by atoms with Crippen LogP contribution in [0, 0.1) is 0 Å². The second-order valence-corrected chi connectivity index (χ2v) is 3.54. The third kappa shape index (κ3) is 3.24. The van der Waals surface area contributed by atoms with Crippen LogP contribution in [-0.4, -0.2) is 19.1 Å². The Hall–Kier alpha value is -1.55. The summed E-state index contributed by atoms with van der Waals surface area (Å²) in [7, 11) is 1.61. The second-order valence-electron chi connectivity index (χ2n) is 3.54. The smallest absolute Gasteiger partial charge is 0.237 e. The highest BCUT2D eigenvalue weighted by atomic mass is 16.5. The Morgan fingerprint density at radius 1 is 1.50 bits per heavy atom. The van der Waals surface area contributed by atoms with Crippen LogP contribution < -0.4 is 15.8 Å². The van der Waals surface area contributed by atoms with Gasteiger partial charge in [0.1, 0.15) is 5.75 Å². The van der Waals surface area contributed by atoms with Gasteiger partial charge in [-0.05, 0) is 12.5 Å². The van der Waals surface area contributed by atoms with E-state index in [0.717, 1.165) is 11.3 Å². The number of hydrogen-bond acceptors (Lipinski definition) is 3. The van der Waals surface area contributed by atoms with Crippen LogP contribution in [0.3, 0.4) is 0 Å². The molecule has 0 aliphatic carbocycles. The zero-order valence-corrected chi connectivity index (χ0v) is 9.69. The van der Waals surface area contributed by atoms with E-state index >= 15 is 0 Å². The summed E-state index contributed by atoms with van der Waals surface area (Å²) in [4.78, 5) is 11.5. The standard InChI is InChI=1S/C12H18N2O2/c1-3-10(13)12(15)14-8-9-6-4-5-7-11(9)16-2/h4-7,10H,3,8,13H2,1-2H3,(H,14,15)/t10-/m1/s1. The van der Waals surface area contributed by atoms with E-state index in [1.165, 1.54) is 0 Å². The number of nitrogens with one attached hydrogen (secondary N) is 1. The highest BCUT2D eigenvalue weighted by molar-refractivity contribution is 5.81. The van der Waals surface area contributed by atoms with Crippen LogP contribution in [0.25, 0.3) is 0 Å². The van der Waals surface area contributed by atoms with Gasteiger partial charge in [0.25, 0.3) is 0 Å². The van der Waals surface area contributed by atoms with Gasteiger partial charge in [-0.15, -0.1) is 0 Å². The van der Waals surface area contributed by atoms with E-state index in [4.69, 9.17) is 10.5 Å². The first kappa shape index (κ1) is 12.5. The fourth-order valence-corrected chi connectivity index (χ4v) is 1.35. The summed E-state index contributed by atoms with van der Waals surface area (Å²) in [6.07, 6.45) is 0.637. The molecule has 3 N–H and O–H groups in total. The molecule has 0 saturated carbocycles. The first-order valence-corrected chi connectivity index (χ1v) is 5.34. The van der Waals surface area contributed by atoms with E-state index in [0.29, 0.717) is 13.0 Å². The molecule has 0 fully saturated rings. The lowest BCUT2D eigenvalue weighted by Crippen LogP contribution is -2.39.